The second kappa shape index (κ2) is 5.64. The molecule has 0 saturated carbocycles. The van der Waals surface area contributed by atoms with Crippen molar-refractivity contribution in [2.75, 3.05) is 18.2 Å². The molecule has 1 fully saturated rings. The predicted octanol–water partition coefficient (Wildman–Crippen LogP) is 2.06. The Kier molecular flexibility index (Phi) is 4.18. The summed E-state index contributed by atoms with van der Waals surface area (Å²) in [6, 6.07) is 10.0. The average Bonchev–Trinajstić information content (AvgIpc) is 2.83. The lowest BCUT2D eigenvalue weighted by Crippen LogP contribution is -2.35. The first-order valence-corrected chi connectivity index (χ1v) is 7.03. The molecule has 0 aliphatic carbocycles. The molecule has 2 rings (SSSR count). The summed E-state index contributed by atoms with van der Waals surface area (Å²) in [5, 5.41) is -0.207. The highest BCUT2D eigenvalue weighted by Gasteiger charge is 2.24. The highest BCUT2D eigenvalue weighted by Crippen LogP contribution is 2.17. The van der Waals surface area contributed by atoms with Gasteiger partial charge in [0.05, 0.1) is 11.1 Å². The first kappa shape index (κ1) is 11.9. The fourth-order valence-corrected chi connectivity index (χ4v) is 3.05. The Balaban J connectivity index is 1.92. The van der Waals surface area contributed by atoms with Gasteiger partial charge in [-0.05, 0) is 12.0 Å². The SMILES string of the molecule is O=C(C(S)Cc1ccccc1)N1CCSC1. The van der Waals surface area contributed by atoms with Crippen LogP contribution in [0.1, 0.15) is 5.56 Å². The van der Waals surface area contributed by atoms with Crippen LogP contribution in [-0.4, -0.2) is 34.2 Å². The van der Waals surface area contributed by atoms with Gasteiger partial charge in [-0.1, -0.05) is 30.3 Å². The van der Waals surface area contributed by atoms with Gasteiger partial charge in [0.15, 0.2) is 0 Å². The standard InChI is InChI=1S/C12H15NOS2/c14-12(13-6-7-16-9-13)11(15)8-10-4-2-1-3-5-10/h1-5,11,15H,6-9H2. The molecule has 1 heterocycles. The van der Waals surface area contributed by atoms with Crippen molar-refractivity contribution in [2.45, 2.75) is 11.7 Å². The van der Waals surface area contributed by atoms with E-state index in [2.05, 4.69) is 12.6 Å². The zero-order chi connectivity index (χ0) is 11.4. The van der Waals surface area contributed by atoms with Gasteiger partial charge >= 0.3 is 0 Å². The lowest BCUT2D eigenvalue weighted by Gasteiger charge is -2.19. The highest BCUT2D eigenvalue weighted by atomic mass is 32.2. The Morgan fingerprint density at radius 2 is 2.19 bits per heavy atom. The normalized spacial score (nSPS) is 17.4. The lowest BCUT2D eigenvalue weighted by molar-refractivity contribution is -0.129. The quantitative estimate of drug-likeness (QED) is 0.832. The van der Waals surface area contributed by atoms with Gasteiger partial charge in [-0.15, -0.1) is 11.8 Å². The van der Waals surface area contributed by atoms with Crippen molar-refractivity contribution in [2.24, 2.45) is 0 Å². The molecule has 1 aliphatic rings. The Morgan fingerprint density at radius 3 is 2.81 bits per heavy atom. The summed E-state index contributed by atoms with van der Waals surface area (Å²) in [5.41, 5.74) is 1.17. The molecule has 1 aliphatic heterocycles. The molecule has 16 heavy (non-hydrogen) atoms. The van der Waals surface area contributed by atoms with E-state index in [1.807, 2.05) is 35.2 Å². The van der Waals surface area contributed by atoms with E-state index in [1.165, 1.54) is 5.56 Å². The molecule has 1 saturated heterocycles. The summed E-state index contributed by atoms with van der Waals surface area (Å²) in [4.78, 5) is 13.9. The number of thiol groups is 1. The number of thioether (sulfide) groups is 1. The molecule has 1 amide bonds. The van der Waals surface area contributed by atoms with Crippen LogP contribution in [0.15, 0.2) is 30.3 Å². The number of amides is 1. The fourth-order valence-electron chi connectivity index (χ4n) is 1.72. The van der Waals surface area contributed by atoms with Crippen LogP contribution in [0.2, 0.25) is 0 Å². The maximum Gasteiger partial charge on any atom is 0.236 e. The van der Waals surface area contributed by atoms with Crippen LogP contribution in [0.4, 0.5) is 0 Å². The molecule has 1 aromatic carbocycles. The summed E-state index contributed by atoms with van der Waals surface area (Å²) >= 11 is 6.22. The van der Waals surface area contributed by atoms with Crippen molar-refractivity contribution in [3.8, 4) is 0 Å². The van der Waals surface area contributed by atoms with Gasteiger partial charge in [0.25, 0.3) is 0 Å². The summed E-state index contributed by atoms with van der Waals surface area (Å²) in [6.07, 6.45) is 0.712. The average molecular weight is 253 g/mol. The van der Waals surface area contributed by atoms with Crippen molar-refractivity contribution >= 4 is 30.3 Å². The van der Waals surface area contributed by atoms with E-state index in [4.69, 9.17) is 0 Å². The maximum absolute atomic E-state index is 12.0. The smallest absolute Gasteiger partial charge is 0.236 e. The first-order chi connectivity index (χ1) is 7.77. The van der Waals surface area contributed by atoms with Crippen LogP contribution < -0.4 is 0 Å². The zero-order valence-electron chi connectivity index (χ0n) is 9.00. The van der Waals surface area contributed by atoms with Crippen LogP contribution in [0.25, 0.3) is 0 Å². The number of carbonyl (C=O) groups excluding carboxylic acids is 1. The number of benzene rings is 1. The molecule has 2 nitrogen and oxygen atoms in total. The van der Waals surface area contributed by atoms with E-state index in [-0.39, 0.29) is 11.2 Å². The fraction of sp³-hybridized carbons (Fsp3) is 0.417. The van der Waals surface area contributed by atoms with Crippen molar-refractivity contribution < 1.29 is 4.79 Å². The van der Waals surface area contributed by atoms with E-state index >= 15 is 0 Å². The van der Waals surface area contributed by atoms with Gasteiger partial charge in [-0.3, -0.25) is 4.79 Å². The second-order valence-corrected chi connectivity index (χ2v) is 5.54. The number of rotatable bonds is 3. The van der Waals surface area contributed by atoms with Gasteiger partial charge in [0.1, 0.15) is 0 Å². The topological polar surface area (TPSA) is 20.3 Å². The molecular formula is C12H15NOS2. The van der Waals surface area contributed by atoms with Gasteiger partial charge in [-0.25, -0.2) is 0 Å². The Morgan fingerprint density at radius 1 is 1.44 bits per heavy atom. The highest BCUT2D eigenvalue weighted by molar-refractivity contribution is 7.99. The van der Waals surface area contributed by atoms with Crippen LogP contribution in [0.5, 0.6) is 0 Å². The predicted molar refractivity (Wildman–Crippen MR) is 72.0 cm³/mol. The first-order valence-electron chi connectivity index (χ1n) is 5.36. The Labute approximate surface area is 106 Å². The van der Waals surface area contributed by atoms with E-state index in [0.29, 0.717) is 6.42 Å². The molecule has 4 heteroatoms. The van der Waals surface area contributed by atoms with E-state index in [1.54, 1.807) is 11.8 Å². The van der Waals surface area contributed by atoms with Gasteiger partial charge < -0.3 is 4.90 Å². The minimum absolute atomic E-state index is 0.164. The molecule has 0 aromatic heterocycles. The summed E-state index contributed by atoms with van der Waals surface area (Å²) in [6.45, 7) is 0.870. The third kappa shape index (κ3) is 2.95. The van der Waals surface area contributed by atoms with Gasteiger partial charge in [0, 0.05) is 12.3 Å². The molecule has 0 N–H and O–H groups in total. The largest absolute Gasteiger partial charge is 0.332 e. The molecule has 1 atom stereocenters. The Bertz CT molecular complexity index is 349. The number of hydrogen-bond donors (Lipinski definition) is 1. The number of hydrogen-bond acceptors (Lipinski definition) is 3. The van der Waals surface area contributed by atoms with Crippen LogP contribution >= 0.6 is 24.4 Å². The molecule has 86 valence electrons. The second-order valence-electron chi connectivity index (χ2n) is 3.84. The van der Waals surface area contributed by atoms with Crippen molar-refractivity contribution in [1.82, 2.24) is 4.90 Å². The van der Waals surface area contributed by atoms with Crippen LogP contribution in [0, 0.1) is 0 Å². The van der Waals surface area contributed by atoms with Crippen LogP contribution in [-0.2, 0) is 11.2 Å². The molecular weight excluding hydrogens is 238 g/mol. The van der Waals surface area contributed by atoms with Crippen molar-refractivity contribution in [3.63, 3.8) is 0 Å². The molecule has 0 bridgehead atoms. The molecule has 1 unspecified atom stereocenters. The van der Waals surface area contributed by atoms with Crippen molar-refractivity contribution in [3.05, 3.63) is 35.9 Å². The van der Waals surface area contributed by atoms with E-state index in [0.717, 1.165) is 18.2 Å². The number of nitrogens with zero attached hydrogens (tertiary/aromatic N) is 1. The van der Waals surface area contributed by atoms with Gasteiger partial charge in [-0.2, -0.15) is 12.6 Å². The summed E-state index contributed by atoms with van der Waals surface area (Å²) in [5.74, 6) is 2.04. The Hall–Kier alpha value is -0.610. The molecule has 0 spiro atoms. The van der Waals surface area contributed by atoms with E-state index < -0.39 is 0 Å². The summed E-state index contributed by atoms with van der Waals surface area (Å²) in [7, 11) is 0. The lowest BCUT2D eigenvalue weighted by atomic mass is 10.1. The third-order valence-corrected chi connectivity index (χ3v) is 3.99. The maximum atomic E-state index is 12.0. The zero-order valence-corrected chi connectivity index (χ0v) is 10.7. The molecule has 1 aromatic rings. The third-order valence-electron chi connectivity index (χ3n) is 2.62. The monoisotopic (exact) mass is 253 g/mol. The van der Waals surface area contributed by atoms with Gasteiger partial charge in [0.2, 0.25) is 5.91 Å². The molecule has 0 radical (unpaired) electrons. The van der Waals surface area contributed by atoms with Crippen molar-refractivity contribution in [1.29, 1.82) is 0 Å². The summed E-state index contributed by atoms with van der Waals surface area (Å²) < 4.78 is 0. The van der Waals surface area contributed by atoms with E-state index in [9.17, 15) is 4.79 Å². The number of carbonyl (C=O) groups is 1. The van der Waals surface area contributed by atoms with Crippen LogP contribution in [0.3, 0.4) is 0 Å². The minimum atomic E-state index is -0.207. The minimum Gasteiger partial charge on any atom is -0.332 e.